The highest BCUT2D eigenvalue weighted by molar-refractivity contribution is 6.35. The molecule has 3 heteroatoms. The molecule has 1 aliphatic heterocycles. The summed E-state index contributed by atoms with van der Waals surface area (Å²) in [5, 5.41) is 1.31. The van der Waals surface area contributed by atoms with Crippen LogP contribution < -0.4 is 4.74 Å². The van der Waals surface area contributed by atoms with Crippen molar-refractivity contribution in [3.8, 4) is 5.75 Å². The summed E-state index contributed by atoms with van der Waals surface area (Å²) in [5.41, 5.74) is 3.87. The van der Waals surface area contributed by atoms with Crippen LogP contribution in [-0.4, -0.2) is 0 Å². The minimum atomic E-state index is 0.131. The summed E-state index contributed by atoms with van der Waals surface area (Å²) in [6, 6.07) is 12.3. The fourth-order valence-electron chi connectivity index (χ4n) is 3.46. The lowest BCUT2D eigenvalue weighted by Crippen LogP contribution is -2.30. The predicted octanol–water partition coefficient (Wildman–Crippen LogP) is 5.23. The third-order valence-corrected chi connectivity index (χ3v) is 4.89. The third-order valence-electron chi connectivity index (χ3n) is 4.39. The van der Waals surface area contributed by atoms with Crippen molar-refractivity contribution >= 4 is 23.2 Å². The fraction of sp³-hybridized carbons (Fsp3) is 0.294. The van der Waals surface area contributed by atoms with Crippen molar-refractivity contribution in [2.75, 3.05) is 0 Å². The Morgan fingerprint density at radius 3 is 2.80 bits per heavy atom. The van der Waals surface area contributed by atoms with E-state index in [1.54, 1.807) is 6.07 Å². The second-order valence-corrected chi connectivity index (χ2v) is 6.46. The molecule has 0 amide bonds. The highest BCUT2D eigenvalue weighted by atomic mass is 35.5. The number of halogens is 2. The lowest BCUT2D eigenvalue weighted by Gasteiger charge is -2.38. The van der Waals surface area contributed by atoms with Gasteiger partial charge in [-0.25, -0.2) is 0 Å². The van der Waals surface area contributed by atoms with Gasteiger partial charge in [-0.05, 0) is 48.1 Å². The van der Waals surface area contributed by atoms with E-state index in [9.17, 15) is 0 Å². The molecule has 2 aromatic rings. The number of benzene rings is 2. The van der Waals surface area contributed by atoms with E-state index in [4.69, 9.17) is 27.9 Å². The molecule has 0 N–H and O–H groups in total. The van der Waals surface area contributed by atoms with Crippen molar-refractivity contribution in [3.63, 3.8) is 0 Å². The van der Waals surface area contributed by atoms with E-state index in [-0.39, 0.29) is 6.10 Å². The van der Waals surface area contributed by atoms with Gasteiger partial charge in [-0.3, -0.25) is 0 Å². The van der Waals surface area contributed by atoms with Gasteiger partial charge in [-0.2, -0.15) is 0 Å². The molecule has 1 aliphatic carbocycles. The van der Waals surface area contributed by atoms with Crippen LogP contribution in [0.5, 0.6) is 5.75 Å². The lowest BCUT2D eigenvalue weighted by molar-refractivity contribution is 0.0989. The van der Waals surface area contributed by atoms with Crippen LogP contribution in [0, 0.1) is 5.92 Å². The average Bonchev–Trinajstić information content (AvgIpc) is 2.45. The molecule has 2 aliphatic rings. The Balaban J connectivity index is 1.80. The summed E-state index contributed by atoms with van der Waals surface area (Å²) in [6.45, 7) is 0. The van der Waals surface area contributed by atoms with Gasteiger partial charge in [0.05, 0.1) is 5.02 Å². The Kier molecular flexibility index (Phi) is 2.94. The molecule has 2 aromatic carbocycles. The van der Waals surface area contributed by atoms with Crippen LogP contribution in [0.15, 0.2) is 36.4 Å². The number of ether oxygens (including phenoxy) is 1. The molecule has 0 saturated carbocycles. The lowest BCUT2D eigenvalue weighted by atomic mass is 9.77. The van der Waals surface area contributed by atoms with Crippen LogP contribution in [0.25, 0.3) is 0 Å². The first-order chi connectivity index (χ1) is 9.72. The molecule has 20 heavy (non-hydrogen) atoms. The van der Waals surface area contributed by atoms with Crippen molar-refractivity contribution in [2.24, 2.45) is 5.92 Å². The maximum absolute atomic E-state index is 6.30. The van der Waals surface area contributed by atoms with Gasteiger partial charge >= 0.3 is 0 Å². The Bertz CT molecular complexity index is 681. The number of aryl methyl sites for hydroxylation is 1. The van der Waals surface area contributed by atoms with Crippen molar-refractivity contribution in [3.05, 3.63) is 63.1 Å². The van der Waals surface area contributed by atoms with E-state index in [0.717, 1.165) is 30.6 Å². The van der Waals surface area contributed by atoms with E-state index in [2.05, 4.69) is 24.3 Å². The van der Waals surface area contributed by atoms with Crippen molar-refractivity contribution in [1.82, 2.24) is 0 Å². The van der Waals surface area contributed by atoms with E-state index >= 15 is 0 Å². The van der Waals surface area contributed by atoms with Crippen LogP contribution in [-0.2, 0) is 12.8 Å². The highest BCUT2D eigenvalue weighted by Gasteiger charge is 2.36. The highest BCUT2D eigenvalue weighted by Crippen LogP contribution is 2.47. The van der Waals surface area contributed by atoms with Gasteiger partial charge in [0.15, 0.2) is 0 Å². The van der Waals surface area contributed by atoms with E-state index in [0.29, 0.717) is 16.0 Å². The minimum Gasteiger partial charge on any atom is -0.484 e. The molecule has 0 spiro atoms. The van der Waals surface area contributed by atoms with Gasteiger partial charge in [-0.1, -0.05) is 47.5 Å². The summed E-state index contributed by atoms with van der Waals surface area (Å²) in [6.07, 6.45) is 3.41. The monoisotopic (exact) mass is 304 g/mol. The molecule has 0 saturated heterocycles. The summed E-state index contributed by atoms with van der Waals surface area (Å²) in [4.78, 5) is 0. The number of hydrogen-bond donors (Lipinski definition) is 0. The van der Waals surface area contributed by atoms with Gasteiger partial charge < -0.3 is 4.74 Å². The first-order valence-electron chi connectivity index (χ1n) is 6.95. The number of rotatable bonds is 0. The van der Waals surface area contributed by atoms with Crippen LogP contribution in [0.1, 0.15) is 29.2 Å². The molecule has 4 rings (SSSR count). The van der Waals surface area contributed by atoms with E-state index in [1.807, 2.05) is 6.07 Å². The van der Waals surface area contributed by atoms with Gasteiger partial charge in [0.1, 0.15) is 11.9 Å². The second-order valence-electron chi connectivity index (χ2n) is 5.62. The Hall–Kier alpha value is -1.18. The maximum atomic E-state index is 6.30. The zero-order chi connectivity index (χ0) is 13.7. The molecular formula is C17H14Cl2O. The average molecular weight is 305 g/mol. The van der Waals surface area contributed by atoms with Crippen LogP contribution >= 0.6 is 23.2 Å². The first-order valence-corrected chi connectivity index (χ1v) is 7.70. The molecule has 1 nitrogen and oxygen atoms in total. The zero-order valence-electron chi connectivity index (χ0n) is 10.9. The molecule has 102 valence electrons. The molecular weight excluding hydrogens is 291 g/mol. The molecule has 0 radical (unpaired) electrons. The van der Waals surface area contributed by atoms with E-state index in [1.165, 1.54) is 11.1 Å². The Morgan fingerprint density at radius 2 is 1.90 bits per heavy atom. The van der Waals surface area contributed by atoms with Crippen LogP contribution in [0.3, 0.4) is 0 Å². The quantitative estimate of drug-likeness (QED) is 0.647. The van der Waals surface area contributed by atoms with Gasteiger partial charge in [0.2, 0.25) is 0 Å². The Labute approximate surface area is 128 Å². The van der Waals surface area contributed by atoms with Crippen LogP contribution in [0.4, 0.5) is 0 Å². The SMILES string of the molecule is Clc1cc(Cl)c2c(c1)CC1CCc3ccccc3C1O2. The first kappa shape index (κ1) is 12.6. The number of fused-ring (bicyclic) bond motifs is 4. The Morgan fingerprint density at radius 1 is 1.05 bits per heavy atom. The van der Waals surface area contributed by atoms with Gasteiger partial charge in [0, 0.05) is 10.9 Å². The van der Waals surface area contributed by atoms with Gasteiger partial charge in [-0.15, -0.1) is 0 Å². The molecule has 1 heterocycles. The summed E-state index contributed by atoms with van der Waals surface area (Å²) < 4.78 is 6.26. The molecule has 2 unspecified atom stereocenters. The minimum absolute atomic E-state index is 0.131. The van der Waals surface area contributed by atoms with Crippen molar-refractivity contribution < 1.29 is 4.74 Å². The molecule has 0 aromatic heterocycles. The normalized spacial score (nSPS) is 23.3. The van der Waals surface area contributed by atoms with E-state index < -0.39 is 0 Å². The maximum Gasteiger partial charge on any atom is 0.142 e. The third kappa shape index (κ3) is 1.92. The van der Waals surface area contributed by atoms with Gasteiger partial charge in [0.25, 0.3) is 0 Å². The van der Waals surface area contributed by atoms with Crippen molar-refractivity contribution in [1.29, 1.82) is 0 Å². The number of hydrogen-bond acceptors (Lipinski definition) is 1. The molecule has 2 atom stereocenters. The largest absolute Gasteiger partial charge is 0.484 e. The summed E-state index contributed by atoms with van der Waals surface area (Å²) >= 11 is 12.4. The smallest absolute Gasteiger partial charge is 0.142 e. The summed E-state index contributed by atoms with van der Waals surface area (Å²) in [5.74, 6) is 1.33. The second kappa shape index (κ2) is 4.68. The zero-order valence-corrected chi connectivity index (χ0v) is 12.4. The van der Waals surface area contributed by atoms with Crippen molar-refractivity contribution in [2.45, 2.75) is 25.4 Å². The molecule has 0 bridgehead atoms. The summed E-state index contributed by atoms with van der Waals surface area (Å²) in [7, 11) is 0. The molecule has 0 fully saturated rings. The topological polar surface area (TPSA) is 9.23 Å². The predicted molar refractivity (Wildman–Crippen MR) is 81.8 cm³/mol. The standard InChI is InChI=1S/C17H14Cl2O/c18-13-8-12-7-11-6-5-10-3-1-2-4-14(10)16(11)20-17(12)15(19)9-13/h1-4,8-9,11,16H,5-7H2. The van der Waals surface area contributed by atoms with Crippen LogP contribution in [0.2, 0.25) is 10.0 Å². The fourth-order valence-corrected chi connectivity index (χ4v) is 4.04.